The zero-order valence-corrected chi connectivity index (χ0v) is 18.4. The first-order valence-electron chi connectivity index (χ1n) is 10.9. The molecule has 0 spiro atoms. The number of anilines is 1. The van der Waals surface area contributed by atoms with Gasteiger partial charge in [-0.1, -0.05) is 18.2 Å². The van der Waals surface area contributed by atoms with Gasteiger partial charge in [-0.15, -0.1) is 0 Å². The van der Waals surface area contributed by atoms with Crippen molar-refractivity contribution in [3.63, 3.8) is 0 Å². The summed E-state index contributed by atoms with van der Waals surface area (Å²) in [5.41, 5.74) is 3.73. The third-order valence-electron chi connectivity index (χ3n) is 6.64. The SMILES string of the molecule is C=CC(=O)N1CC(N2CCc3c(ccnc3C(=O)Nc3cc(C4CC4)c(Cl)cc3O)C2)C1. The van der Waals surface area contributed by atoms with Crippen molar-refractivity contribution < 1.29 is 14.7 Å². The lowest BCUT2D eigenvalue weighted by Crippen LogP contribution is -2.61. The summed E-state index contributed by atoms with van der Waals surface area (Å²) in [7, 11) is 0. The molecule has 1 aliphatic carbocycles. The predicted molar refractivity (Wildman–Crippen MR) is 122 cm³/mol. The van der Waals surface area contributed by atoms with Crippen LogP contribution in [-0.2, 0) is 17.8 Å². The Morgan fingerprint density at radius 2 is 2.06 bits per heavy atom. The maximum Gasteiger partial charge on any atom is 0.274 e. The van der Waals surface area contributed by atoms with Gasteiger partial charge < -0.3 is 15.3 Å². The van der Waals surface area contributed by atoms with Crippen LogP contribution in [0.4, 0.5) is 5.69 Å². The summed E-state index contributed by atoms with van der Waals surface area (Å²) in [6, 6.07) is 5.55. The Balaban J connectivity index is 1.30. The van der Waals surface area contributed by atoms with Crippen molar-refractivity contribution in [1.29, 1.82) is 0 Å². The first-order valence-corrected chi connectivity index (χ1v) is 11.3. The summed E-state index contributed by atoms with van der Waals surface area (Å²) in [4.78, 5) is 33.3. The monoisotopic (exact) mass is 452 g/mol. The number of fused-ring (bicyclic) bond motifs is 1. The van der Waals surface area contributed by atoms with E-state index in [9.17, 15) is 14.7 Å². The summed E-state index contributed by atoms with van der Waals surface area (Å²) in [6.45, 7) is 6.48. The molecular weight excluding hydrogens is 428 g/mol. The van der Waals surface area contributed by atoms with E-state index in [0.717, 1.165) is 42.6 Å². The van der Waals surface area contributed by atoms with E-state index in [4.69, 9.17) is 11.6 Å². The predicted octanol–water partition coefficient (Wildman–Crippen LogP) is 3.33. The van der Waals surface area contributed by atoms with Crippen molar-refractivity contribution in [1.82, 2.24) is 14.8 Å². The van der Waals surface area contributed by atoms with E-state index in [1.165, 1.54) is 12.1 Å². The Bertz CT molecular complexity index is 1110. The van der Waals surface area contributed by atoms with Gasteiger partial charge in [-0.05, 0) is 60.1 Å². The summed E-state index contributed by atoms with van der Waals surface area (Å²) in [5, 5.41) is 13.7. The number of hydrogen-bond donors (Lipinski definition) is 2. The number of aromatic hydroxyl groups is 1. The summed E-state index contributed by atoms with van der Waals surface area (Å²) >= 11 is 6.26. The van der Waals surface area contributed by atoms with Crippen LogP contribution in [0.5, 0.6) is 5.75 Å². The Morgan fingerprint density at radius 3 is 2.78 bits per heavy atom. The third-order valence-corrected chi connectivity index (χ3v) is 6.96. The van der Waals surface area contributed by atoms with Crippen molar-refractivity contribution in [3.05, 3.63) is 64.5 Å². The van der Waals surface area contributed by atoms with Crippen LogP contribution in [0.15, 0.2) is 37.1 Å². The molecule has 1 aromatic heterocycles. The number of nitrogens with one attached hydrogen (secondary N) is 1. The van der Waals surface area contributed by atoms with Crippen molar-refractivity contribution in [3.8, 4) is 5.75 Å². The van der Waals surface area contributed by atoms with Crippen LogP contribution in [-0.4, -0.2) is 57.4 Å². The quantitative estimate of drug-likeness (QED) is 0.537. The standard InChI is InChI=1S/C24H25ClN4O3/c1-2-22(31)29-12-16(13-29)28-8-6-17-15(11-28)5-7-26-23(17)24(32)27-20-9-18(14-3-4-14)19(25)10-21(20)30/h2,5,7,9-10,14,16,30H,1,3-4,6,8,11-13H2,(H,27,32). The Hall–Kier alpha value is -2.90. The average Bonchev–Trinajstić information content (AvgIpc) is 3.59. The van der Waals surface area contributed by atoms with Crippen molar-refractivity contribution in [2.24, 2.45) is 0 Å². The van der Waals surface area contributed by atoms with Gasteiger partial charge in [0.1, 0.15) is 11.4 Å². The highest BCUT2D eigenvalue weighted by Crippen LogP contribution is 2.46. The van der Waals surface area contributed by atoms with Crippen LogP contribution in [0.3, 0.4) is 0 Å². The lowest BCUT2D eigenvalue weighted by atomic mass is 9.95. The fraction of sp³-hybridized carbons (Fsp3) is 0.375. The van der Waals surface area contributed by atoms with E-state index in [1.807, 2.05) is 6.07 Å². The Morgan fingerprint density at radius 1 is 1.28 bits per heavy atom. The highest BCUT2D eigenvalue weighted by atomic mass is 35.5. The molecule has 0 bridgehead atoms. The zero-order chi connectivity index (χ0) is 22.4. The minimum Gasteiger partial charge on any atom is -0.506 e. The summed E-state index contributed by atoms with van der Waals surface area (Å²) in [6.07, 6.45) is 5.86. The molecule has 2 aromatic rings. The molecule has 3 heterocycles. The topological polar surface area (TPSA) is 85.8 Å². The molecule has 7 nitrogen and oxygen atoms in total. The molecule has 3 aliphatic rings. The number of amides is 2. The largest absolute Gasteiger partial charge is 0.506 e. The maximum absolute atomic E-state index is 13.1. The summed E-state index contributed by atoms with van der Waals surface area (Å²) < 4.78 is 0. The van der Waals surface area contributed by atoms with Gasteiger partial charge >= 0.3 is 0 Å². The smallest absolute Gasteiger partial charge is 0.274 e. The second kappa shape index (κ2) is 8.22. The van der Waals surface area contributed by atoms with Gasteiger partial charge in [0.2, 0.25) is 5.91 Å². The number of rotatable bonds is 5. The number of phenols is 1. The number of phenolic OH excluding ortho intramolecular Hbond substituents is 1. The second-order valence-electron chi connectivity index (χ2n) is 8.74. The van der Waals surface area contributed by atoms with Gasteiger partial charge in [-0.3, -0.25) is 19.5 Å². The molecule has 2 fully saturated rings. The molecule has 5 rings (SSSR count). The van der Waals surface area contributed by atoms with Crippen LogP contribution < -0.4 is 5.32 Å². The molecule has 1 saturated heterocycles. The molecule has 2 amide bonds. The van der Waals surface area contributed by atoms with Crippen molar-refractivity contribution >= 4 is 29.1 Å². The van der Waals surface area contributed by atoms with Gasteiger partial charge in [-0.2, -0.15) is 0 Å². The van der Waals surface area contributed by atoms with Crippen LogP contribution >= 0.6 is 11.6 Å². The van der Waals surface area contributed by atoms with Crippen LogP contribution in [0.1, 0.15) is 45.9 Å². The van der Waals surface area contributed by atoms with E-state index >= 15 is 0 Å². The molecule has 2 aliphatic heterocycles. The lowest BCUT2D eigenvalue weighted by Gasteiger charge is -2.46. The second-order valence-corrected chi connectivity index (χ2v) is 9.15. The van der Waals surface area contributed by atoms with Gasteiger partial charge in [0.25, 0.3) is 5.91 Å². The van der Waals surface area contributed by atoms with E-state index in [-0.39, 0.29) is 17.6 Å². The molecule has 0 unspecified atom stereocenters. The normalized spacial score (nSPS) is 18.6. The molecule has 32 heavy (non-hydrogen) atoms. The van der Waals surface area contributed by atoms with Gasteiger partial charge in [0, 0.05) is 49.5 Å². The first-order chi connectivity index (χ1) is 15.4. The number of likely N-dealkylation sites (tertiary alicyclic amines) is 1. The molecular formula is C24H25ClN4O3. The molecule has 1 aromatic carbocycles. The Kier molecular flexibility index (Phi) is 5.39. The molecule has 0 radical (unpaired) electrons. The molecule has 0 atom stereocenters. The number of halogens is 1. The molecule has 166 valence electrons. The number of carbonyl (C=O) groups excluding carboxylic acids is 2. The van der Waals surface area contributed by atoms with Crippen molar-refractivity contribution in [2.45, 2.75) is 37.8 Å². The van der Waals surface area contributed by atoms with Gasteiger partial charge in [0.15, 0.2) is 0 Å². The number of hydrogen-bond acceptors (Lipinski definition) is 5. The van der Waals surface area contributed by atoms with Crippen LogP contribution in [0.25, 0.3) is 0 Å². The zero-order valence-electron chi connectivity index (χ0n) is 17.7. The summed E-state index contributed by atoms with van der Waals surface area (Å²) in [5.74, 6) is -0.0120. The number of benzene rings is 1. The fourth-order valence-corrected chi connectivity index (χ4v) is 4.90. The van der Waals surface area contributed by atoms with Crippen molar-refractivity contribution in [2.75, 3.05) is 25.0 Å². The highest BCUT2D eigenvalue weighted by Gasteiger charge is 2.36. The minimum absolute atomic E-state index is 0.0305. The average molecular weight is 453 g/mol. The van der Waals surface area contributed by atoms with Crippen LogP contribution in [0, 0.1) is 0 Å². The van der Waals surface area contributed by atoms with Gasteiger partial charge in [0.05, 0.1) is 5.69 Å². The number of carbonyl (C=O) groups is 2. The van der Waals surface area contributed by atoms with Crippen LogP contribution in [0.2, 0.25) is 5.02 Å². The highest BCUT2D eigenvalue weighted by molar-refractivity contribution is 6.31. The molecule has 8 heteroatoms. The lowest BCUT2D eigenvalue weighted by molar-refractivity contribution is -0.133. The van der Waals surface area contributed by atoms with E-state index in [2.05, 4.69) is 21.8 Å². The maximum atomic E-state index is 13.1. The van der Waals surface area contributed by atoms with E-state index < -0.39 is 0 Å². The first kappa shape index (κ1) is 21.0. The third kappa shape index (κ3) is 3.87. The molecule has 2 N–H and O–H groups in total. The van der Waals surface area contributed by atoms with E-state index in [1.54, 1.807) is 17.2 Å². The van der Waals surface area contributed by atoms with E-state index in [0.29, 0.717) is 47.9 Å². The molecule has 1 saturated carbocycles. The number of aromatic nitrogens is 1. The number of pyridine rings is 1. The Labute approximate surface area is 191 Å². The fourth-order valence-electron chi connectivity index (χ4n) is 4.58. The van der Waals surface area contributed by atoms with Gasteiger partial charge in [-0.25, -0.2) is 0 Å². The number of nitrogens with zero attached hydrogens (tertiary/aromatic N) is 3. The minimum atomic E-state index is -0.332.